The molecule has 0 radical (unpaired) electrons. The molecular weight excluding hydrogens is 529 g/mol. The van der Waals surface area contributed by atoms with Gasteiger partial charge < -0.3 is 24.8 Å². The van der Waals surface area contributed by atoms with Gasteiger partial charge in [-0.15, -0.1) is 24.0 Å². The summed E-state index contributed by atoms with van der Waals surface area (Å²) >= 11 is 0. The van der Waals surface area contributed by atoms with Gasteiger partial charge in [-0.3, -0.25) is 0 Å². The Morgan fingerprint density at radius 3 is 2.61 bits per heavy atom. The highest BCUT2D eigenvalue weighted by molar-refractivity contribution is 14.0. The molecule has 33 heavy (non-hydrogen) atoms. The summed E-state index contributed by atoms with van der Waals surface area (Å²) < 4.78 is 17.2. The van der Waals surface area contributed by atoms with Crippen LogP contribution in [0.1, 0.15) is 37.3 Å². The summed E-state index contributed by atoms with van der Waals surface area (Å²) in [6.07, 6.45) is 3.19. The Morgan fingerprint density at radius 2 is 1.82 bits per heavy atom. The monoisotopic (exact) mass is 567 g/mol. The molecule has 7 heteroatoms. The molecule has 1 saturated heterocycles. The van der Waals surface area contributed by atoms with Crippen LogP contribution in [-0.2, 0) is 22.6 Å². The van der Waals surface area contributed by atoms with Crippen molar-refractivity contribution in [3.63, 3.8) is 0 Å². The lowest BCUT2D eigenvalue weighted by Crippen LogP contribution is -2.38. The zero-order chi connectivity index (χ0) is 22.3. The van der Waals surface area contributed by atoms with Gasteiger partial charge in [0, 0.05) is 39.5 Å². The van der Waals surface area contributed by atoms with E-state index in [-0.39, 0.29) is 24.0 Å². The van der Waals surface area contributed by atoms with Gasteiger partial charge in [-0.1, -0.05) is 42.5 Å². The maximum absolute atomic E-state index is 5.93. The van der Waals surface area contributed by atoms with Crippen molar-refractivity contribution >= 4 is 29.9 Å². The van der Waals surface area contributed by atoms with Crippen molar-refractivity contribution < 1.29 is 14.2 Å². The first-order valence-corrected chi connectivity index (χ1v) is 11.8. The molecule has 182 valence electrons. The fourth-order valence-electron chi connectivity index (χ4n) is 3.53. The smallest absolute Gasteiger partial charge is 0.191 e. The third kappa shape index (κ3) is 11.2. The molecule has 6 nitrogen and oxygen atoms in total. The van der Waals surface area contributed by atoms with Crippen molar-refractivity contribution in [1.82, 2.24) is 10.6 Å². The summed E-state index contributed by atoms with van der Waals surface area (Å²) in [7, 11) is 0. The minimum atomic E-state index is 0. The summed E-state index contributed by atoms with van der Waals surface area (Å²) in [5, 5.41) is 6.71. The second-order valence-electron chi connectivity index (χ2n) is 8.03. The van der Waals surface area contributed by atoms with E-state index in [0.29, 0.717) is 19.1 Å². The van der Waals surface area contributed by atoms with Crippen LogP contribution in [0, 0.1) is 5.92 Å². The first-order valence-electron chi connectivity index (χ1n) is 11.8. The molecule has 1 heterocycles. The SMILES string of the molecule is CCNC(=NCc1cccc(OCc2ccccc2)c1)NCCCOCC1CCOCC1.I. The number of benzene rings is 2. The van der Waals surface area contributed by atoms with E-state index in [0.717, 1.165) is 81.6 Å². The largest absolute Gasteiger partial charge is 0.489 e. The number of hydrogen-bond donors (Lipinski definition) is 2. The highest BCUT2D eigenvalue weighted by atomic mass is 127. The quantitative estimate of drug-likeness (QED) is 0.168. The zero-order valence-electron chi connectivity index (χ0n) is 19.6. The molecule has 0 bridgehead atoms. The number of aliphatic imine (C=N–C) groups is 1. The molecule has 0 atom stereocenters. The third-order valence-corrected chi connectivity index (χ3v) is 5.36. The number of guanidine groups is 1. The minimum absolute atomic E-state index is 0. The fraction of sp³-hybridized carbons (Fsp3) is 0.500. The summed E-state index contributed by atoms with van der Waals surface area (Å²) in [5.41, 5.74) is 2.28. The topological polar surface area (TPSA) is 64.1 Å². The normalized spacial score (nSPS) is 14.4. The minimum Gasteiger partial charge on any atom is -0.489 e. The molecule has 2 aromatic rings. The Morgan fingerprint density at radius 1 is 1.03 bits per heavy atom. The lowest BCUT2D eigenvalue weighted by atomic mass is 10.0. The Balaban J connectivity index is 0.00000385. The molecule has 0 amide bonds. The first-order chi connectivity index (χ1) is 15.8. The molecule has 0 spiro atoms. The lowest BCUT2D eigenvalue weighted by Gasteiger charge is -2.21. The van der Waals surface area contributed by atoms with E-state index in [1.807, 2.05) is 30.3 Å². The standard InChI is InChI=1S/C26H37N3O3.HI/c1-2-27-26(28-14-7-15-31-20-23-12-16-30-17-13-23)29-19-24-10-6-11-25(18-24)32-21-22-8-4-3-5-9-22;/h3-6,8-11,18,23H,2,7,12-17,19-21H2,1H3,(H2,27,28,29);1H. The predicted molar refractivity (Wildman–Crippen MR) is 144 cm³/mol. The Kier molecular flexibility index (Phi) is 13.9. The molecule has 0 aromatic heterocycles. The van der Waals surface area contributed by atoms with E-state index in [1.165, 1.54) is 0 Å². The van der Waals surface area contributed by atoms with Gasteiger partial charge in [0.2, 0.25) is 0 Å². The average molecular weight is 568 g/mol. The van der Waals surface area contributed by atoms with Gasteiger partial charge in [0.1, 0.15) is 12.4 Å². The van der Waals surface area contributed by atoms with Crippen molar-refractivity contribution in [3.05, 3.63) is 65.7 Å². The van der Waals surface area contributed by atoms with Gasteiger partial charge in [-0.2, -0.15) is 0 Å². The maximum Gasteiger partial charge on any atom is 0.191 e. The zero-order valence-corrected chi connectivity index (χ0v) is 22.0. The van der Waals surface area contributed by atoms with E-state index in [1.54, 1.807) is 0 Å². The van der Waals surface area contributed by atoms with E-state index >= 15 is 0 Å². The Bertz CT molecular complexity index is 798. The van der Waals surface area contributed by atoms with E-state index in [9.17, 15) is 0 Å². The van der Waals surface area contributed by atoms with Crippen molar-refractivity contribution in [2.24, 2.45) is 10.9 Å². The first kappa shape index (κ1) is 27.4. The Hall–Kier alpha value is -1.84. The second-order valence-corrected chi connectivity index (χ2v) is 8.03. The summed E-state index contributed by atoms with van der Waals surface area (Å²) in [6.45, 7) is 8.26. The maximum atomic E-state index is 5.93. The summed E-state index contributed by atoms with van der Waals surface area (Å²) in [4.78, 5) is 4.72. The summed E-state index contributed by atoms with van der Waals surface area (Å²) in [6, 6.07) is 18.3. The number of nitrogens with one attached hydrogen (secondary N) is 2. The van der Waals surface area contributed by atoms with Gasteiger partial charge >= 0.3 is 0 Å². The van der Waals surface area contributed by atoms with Crippen LogP contribution in [-0.4, -0.2) is 45.5 Å². The number of ether oxygens (including phenoxy) is 3. The predicted octanol–water partition coefficient (Wildman–Crippen LogP) is 4.77. The fourth-order valence-corrected chi connectivity index (χ4v) is 3.53. The van der Waals surface area contributed by atoms with Crippen LogP contribution >= 0.6 is 24.0 Å². The van der Waals surface area contributed by atoms with Gasteiger partial charge in [0.05, 0.1) is 6.54 Å². The van der Waals surface area contributed by atoms with Crippen LogP contribution in [0.5, 0.6) is 5.75 Å². The molecule has 2 N–H and O–H groups in total. The third-order valence-electron chi connectivity index (χ3n) is 5.36. The number of hydrogen-bond acceptors (Lipinski definition) is 4. The number of rotatable bonds is 12. The van der Waals surface area contributed by atoms with Crippen LogP contribution in [0.3, 0.4) is 0 Å². The van der Waals surface area contributed by atoms with Crippen molar-refractivity contribution in [1.29, 1.82) is 0 Å². The van der Waals surface area contributed by atoms with Gasteiger partial charge in [-0.05, 0) is 55.4 Å². The molecule has 2 aromatic carbocycles. The average Bonchev–Trinajstić information content (AvgIpc) is 2.85. The van der Waals surface area contributed by atoms with Gasteiger partial charge in [0.15, 0.2) is 5.96 Å². The number of halogens is 1. The Labute approximate surface area is 215 Å². The number of nitrogens with zero attached hydrogens (tertiary/aromatic N) is 1. The van der Waals surface area contributed by atoms with E-state index in [4.69, 9.17) is 19.2 Å². The van der Waals surface area contributed by atoms with Crippen molar-refractivity contribution in [2.75, 3.05) is 39.5 Å². The van der Waals surface area contributed by atoms with E-state index in [2.05, 4.69) is 41.8 Å². The van der Waals surface area contributed by atoms with Crippen LogP contribution in [0.15, 0.2) is 59.6 Å². The van der Waals surface area contributed by atoms with E-state index < -0.39 is 0 Å². The molecule has 0 unspecified atom stereocenters. The highest BCUT2D eigenvalue weighted by Crippen LogP contribution is 2.16. The molecule has 1 fully saturated rings. The lowest BCUT2D eigenvalue weighted by molar-refractivity contribution is 0.0203. The molecule has 0 saturated carbocycles. The van der Waals surface area contributed by atoms with Crippen LogP contribution < -0.4 is 15.4 Å². The molecule has 0 aliphatic carbocycles. The van der Waals surface area contributed by atoms with Crippen molar-refractivity contribution in [3.8, 4) is 5.75 Å². The molecule has 1 aliphatic heterocycles. The second kappa shape index (κ2) is 16.7. The van der Waals surface area contributed by atoms with Crippen LogP contribution in [0.4, 0.5) is 0 Å². The molecule has 1 aliphatic rings. The van der Waals surface area contributed by atoms with Crippen LogP contribution in [0.2, 0.25) is 0 Å². The summed E-state index contributed by atoms with van der Waals surface area (Å²) in [5.74, 6) is 2.34. The van der Waals surface area contributed by atoms with Gasteiger partial charge in [-0.25, -0.2) is 4.99 Å². The van der Waals surface area contributed by atoms with Crippen LogP contribution in [0.25, 0.3) is 0 Å². The van der Waals surface area contributed by atoms with Crippen molar-refractivity contribution in [2.45, 2.75) is 39.3 Å². The van der Waals surface area contributed by atoms with Gasteiger partial charge in [0.25, 0.3) is 0 Å². The highest BCUT2D eigenvalue weighted by Gasteiger charge is 2.13. The molecule has 3 rings (SSSR count). The molecular formula is C26H38IN3O3.